The number of carbonyl (C=O) groups excluding carboxylic acids is 2. The normalized spacial score (nSPS) is 9.89. The molecule has 0 aliphatic carbocycles. The van der Waals surface area contributed by atoms with Crippen LogP contribution >= 0.6 is 0 Å². The summed E-state index contributed by atoms with van der Waals surface area (Å²) in [5, 5.41) is 5.51. The zero-order valence-corrected chi connectivity index (χ0v) is 10.5. The largest absolute Gasteiger partial charge is 0.370 e. The molecule has 0 aliphatic rings. The lowest BCUT2D eigenvalue weighted by atomic mass is 10.3. The molecular formula is C11H17N5O2. The van der Waals surface area contributed by atoms with Gasteiger partial charge in [-0.05, 0) is 19.9 Å². The number of primary amides is 1. The van der Waals surface area contributed by atoms with Crippen molar-refractivity contribution >= 4 is 17.8 Å². The zero-order chi connectivity index (χ0) is 13.5. The summed E-state index contributed by atoms with van der Waals surface area (Å²) >= 11 is 0. The molecule has 1 aromatic rings. The molecule has 1 aromatic heterocycles. The molecule has 0 aliphatic heterocycles. The second kappa shape index (κ2) is 6.53. The van der Waals surface area contributed by atoms with Gasteiger partial charge in [0.05, 0.1) is 0 Å². The van der Waals surface area contributed by atoms with Gasteiger partial charge in [-0.15, -0.1) is 0 Å². The second-order valence-corrected chi connectivity index (χ2v) is 3.72. The predicted molar refractivity (Wildman–Crippen MR) is 67.1 cm³/mol. The van der Waals surface area contributed by atoms with Gasteiger partial charge in [0.15, 0.2) is 0 Å². The van der Waals surface area contributed by atoms with Gasteiger partial charge in [-0.25, -0.2) is 9.97 Å². The van der Waals surface area contributed by atoms with Crippen molar-refractivity contribution in [1.82, 2.24) is 15.3 Å². The number of amides is 2. The van der Waals surface area contributed by atoms with Crippen LogP contribution in [0.4, 0.5) is 5.95 Å². The maximum Gasteiger partial charge on any atom is 0.270 e. The molecule has 0 radical (unpaired) electrons. The Morgan fingerprint density at radius 3 is 2.72 bits per heavy atom. The number of hydrogen-bond donors (Lipinski definition) is 3. The van der Waals surface area contributed by atoms with E-state index < -0.39 is 5.91 Å². The monoisotopic (exact) mass is 251 g/mol. The van der Waals surface area contributed by atoms with E-state index in [2.05, 4.69) is 20.6 Å². The number of anilines is 1. The zero-order valence-electron chi connectivity index (χ0n) is 10.5. The maximum atomic E-state index is 11.8. The number of rotatable bonds is 6. The first-order valence-electron chi connectivity index (χ1n) is 5.69. The molecule has 7 heteroatoms. The molecule has 4 N–H and O–H groups in total. The van der Waals surface area contributed by atoms with E-state index in [1.807, 2.05) is 6.92 Å². The molecule has 0 aromatic carbocycles. The van der Waals surface area contributed by atoms with Gasteiger partial charge in [0, 0.05) is 25.2 Å². The predicted octanol–water partition coefficient (Wildman–Crippen LogP) is -0.178. The summed E-state index contributed by atoms with van der Waals surface area (Å²) in [5.41, 5.74) is 5.94. The minimum absolute atomic E-state index is 0.107. The van der Waals surface area contributed by atoms with Crippen LogP contribution in [0.3, 0.4) is 0 Å². The maximum absolute atomic E-state index is 11.8. The van der Waals surface area contributed by atoms with E-state index in [4.69, 9.17) is 5.73 Å². The lowest BCUT2D eigenvalue weighted by molar-refractivity contribution is -0.117. The van der Waals surface area contributed by atoms with Gasteiger partial charge in [-0.3, -0.25) is 9.59 Å². The number of hydrogen-bond acceptors (Lipinski definition) is 5. The summed E-state index contributed by atoms with van der Waals surface area (Å²) in [6.07, 6.45) is 0.107. The Kier molecular flexibility index (Phi) is 5.04. The number of aromatic nitrogens is 2. The molecule has 0 bridgehead atoms. The minimum atomic E-state index is -0.456. The number of aryl methyl sites for hydroxylation is 1. The Bertz CT molecular complexity index is 447. The van der Waals surface area contributed by atoms with Crippen molar-refractivity contribution in [1.29, 1.82) is 0 Å². The molecule has 0 fully saturated rings. The van der Waals surface area contributed by atoms with E-state index in [0.717, 1.165) is 0 Å². The Morgan fingerprint density at radius 1 is 1.39 bits per heavy atom. The standard InChI is InChI=1S/C11H17N5O2/c1-3-13-11-15-7(2)6-8(16-11)10(18)14-5-4-9(12)17/h6H,3-5H2,1-2H3,(H2,12,17)(H,14,18)(H,13,15,16). The van der Waals surface area contributed by atoms with Gasteiger partial charge in [-0.1, -0.05) is 0 Å². The molecule has 0 atom stereocenters. The first-order chi connectivity index (χ1) is 8.52. The number of nitrogens with one attached hydrogen (secondary N) is 2. The average molecular weight is 251 g/mol. The fraction of sp³-hybridized carbons (Fsp3) is 0.455. The molecule has 2 amide bonds. The third kappa shape index (κ3) is 4.36. The van der Waals surface area contributed by atoms with Crippen LogP contribution in [0.25, 0.3) is 0 Å². The van der Waals surface area contributed by atoms with Crippen LogP contribution < -0.4 is 16.4 Å². The van der Waals surface area contributed by atoms with Crippen molar-refractivity contribution in [3.05, 3.63) is 17.5 Å². The van der Waals surface area contributed by atoms with Crippen LogP contribution in [-0.4, -0.2) is 34.9 Å². The highest BCUT2D eigenvalue weighted by Gasteiger charge is 2.10. The van der Waals surface area contributed by atoms with Gasteiger partial charge in [0.2, 0.25) is 11.9 Å². The van der Waals surface area contributed by atoms with Crippen LogP contribution in [0.15, 0.2) is 6.07 Å². The van der Waals surface area contributed by atoms with E-state index >= 15 is 0 Å². The fourth-order valence-electron chi connectivity index (χ4n) is 1.31. The highest BCUT2D eigenvalue weighted by Crippen LogP contribution is 2.04. The van der Waals surface area contributed by atoms with Crippen LogP contribution in [-0.2, 0) is 4.79 Å². The van der Waals surface area contributed by atoms with Gasteiger partial charge in [0.25, 0.3) is 5.91 Å². The first kappa shape index (κ1) is 13.9. The quantitative estimate of drug-likeness (QED) is 0.649. The highest BCUT2D eigenvalue weighted by molar-refractivity contribution is 5.92. The van der Waals surface area contributed by atoms with Crippen LogP contribution in [0, 0.1) is 6.92 Å². The first-order valence-corrected chi connectivity index (χ1v) is 5.69. The van der Waals surface area contributed by atoms with Crippen molar-refractivity contribution in [3.63, 3.8) is 0 Å². The van der Waals surface area contributed by atoms with Crippen LogP contribution in [0.2, 0.25) is 0 Å². The molecular weight excluding hydrogens is 234 g/mol. The molecule has 98 valence electrons. The number of nitrogens with zero attached hydrogens (tertiary/aromatic N) is 2. The van der Waals surface area contributed by atoms with Gasteiger partial charge < -0.3 is 16.4 Å². The molecule has 1 heterocycles. The van der Waals surface area contributed by atoms with Crippen molar-refractivity contribution in [2.24, 2.45) is 5.73 Å². The molecule has 0 unspecified atom stereocenters. The Labute approximate surface area is 105 Å². The topological polar surface area (TPSA) is 110 Å². The van der Waals surface area contributed by atoms with E-state index in [-0.39, 0.29) is 24.6 Å². The third-order valence-electron chi connectivity index (χ3n) is 2.08. The molecule has 1 rings (SSSR count). The van der Waals surface area contributed by atoms with Crippen LogP contribution in [0.5, 0.6) is 0 Å². The van der Waals surface area contributed by atoms with Crippen molar-refractivity contribution in [2.75, 3.05) is 18.4 Å². The molecule has 18 heavy (non-hydrogen) atoms. The summed E-state index contributed by atoms with van der Waals surface area (Å²) in [7, 11) is 0. The summed E-state index contributed by atoms with van der Waals surface area (Å²) in [5.74, 6) is -0.388. The second-order valence-electron chi connectivity index (χ2n) is 3.72. The van der Waals surface area contributed by atoms with Crippen LogP contribution in [0.1, 0.15) is 29.5 Å². The van der Waals surface area contributed by atoms with Gasteiger partial charge in [-0.2, -0.15) is 0 Å². The van der Waals surface area contributed by atoms with Crippen molar-refractivity contribution in [3.8, 4) is 0 Å². The summed E-state index contributed by atoms with van der Waals surface area (Å²) in [4.78, 5) is 30.5. The minimum Gasteiger partial charge on any atom is -0.370 e. The Hall–Kier alpha value is -2.18. The van der Waals surface area contributed by atoms with E-state index in [9.17, 15) is 9.59 Å². The lowest BCUT2D eigenvalue weighted by Crippen LogP contribution is -2.28. The summed E-state index contributed by atoms with van der Waals surface area (Å²) in [6, 6.07) is 1.58. The van der Waals surface area contributed by atoms with E-state index in [1.165, 1.54) is 0 Å². The highest BCUT2D eigenvalue weighted by atomic mass is 16.2. The summed E-state index contributed by atoms with van der Waals surface area (Å²) in [6.45, 7) is 4.57. The van der Waals surface area contributed by atoms with E-state index in [0.29, 0.717) is 18.2 Å². The molecule has 0 saturated heterocycles. The van der Waals surface area contributed by atoms with Gasteiger partial charge >= 0.3 is 0 Å². The molecule has 7 nitrogen and oxygen atoms in total. The van der Waals surface area contributed by atoms with E-state index in [1.54, 1.807) is 13.0 Å². The lowest BCUT2D eigenvalue weighted by Gasteiger charge is -2.07. The third-order valence-corrected chi connectivity index (χ3v) is 2.08. The van der Waals surface area contributed by atoms with Crippen molar-refractivity contribution < 1.29 is 9.59 Å². The fourth-order valence-corrected chi connectivity index (χ4v) is 1.31. The molecule has 0 spiro atoms. The number of carbonyl (C=O) groups is 2. The Balaban J connectivity index is 2.69. The molecule has 0 saturated carbocycles. The van der Waals surface area contributed by atoms with Gasteiger partial charge in [0.1, 0.15) is 5.69 Å². The Morgan fingerprint density at radius 2 is 2.11 bits per heavy atom. The smallest absolute Gasteiger partial charge is 0.270 e. The average Bonchev–Trinajstić information content (AvgIpc) is 2.28. The summed E-state index contributed by atoms with van der Waals surface area (Å²) < 4.78 is 0. The number of nitrogens with two attached hydrogens (primary N) is 1. The van der Waals surface area contributed by atoms with Crippen molar-refractivity contribution in [2.45, 2.75) is 20.3 Å². The SMILES string of the molecule is CCNc1nc(C)cc(C(=O)NCCC(N)=O)n1.